The average Bonchev–Trinajstić information content (AvgIpc) is 2.44. The van der Waals surface area contributed by atoms with Crippen LogP contribution in [0.25, 0.3) is 0 Å². The fraction of sp³-hybridized carbons (Fsp3) is 0.500. The molecule has 0 aliphatic carbocycles. The van der Waals surface area contributed by atoms with Crippen LogP contribution in [0.15, 0.2) is 18.2 Å². The van der Waals surface area contributed by atoms with E-state index < -0.39 is 5.91 Å². The highest BCUT2D eigenvalue weighted by Gasteiger charge is 2.15. The number of phenolic OH excluding ortho intramolecular Hbond substituents is 2. The number of aromatic hydroxyl groups is 2. The van der Waals surface area contributed by atoms with Crippen LogP contribution in [0, 0.1) is 0 Å². The summed E-state index contributed by atoms with van der Waals surface area (Å²) in [5, 5.41) is 21.9. The molecule has 0 spiro atoms. The molecule has 1 aromatic carbocycles. The number of carbonyl (C=O) groups excluding carboxylic acids is 1. The Kier molecular flexibility index (Phi) is 5.20. The van der Waals surface area contributed by atoms with Crippen LogP contribution in [-0.2, 0) is 4.74 Å². The van der Waals surface area contributed by atoms with Gasteiger partial charge in [-0.15, -0.1) is 0 Å². The Morgan fingerprint density at radius 2 is 1.90 bits per heavy atom. The van der Waals surface area contributed by atoms with Crippen LogP contribution >= 0.6 is 0 Å². The Morgan fingerprint density at radius 3 is 2.55 bits per heavy atom. The average molecular weight is 280 g/mol. The number of morpholine rings is 1. The second-order valence-corrected chi connectivity index (χ2v) is 4.73. The minimum atomic E-state index is -0.456. The van der Waals surface area contributed by atoms with E-state index in [0.717, 1.165) is 39.3 Å². The second-order valence-electron chi connectivity index (χ2n) is 4.73. The molecule has 0 aromatic heterocycles. The number of nitrogens with zero attached hydrogens (tertiary/aromatic N) is 1. The molecule has 3 N–H and O–H groups in total. The van der Waals surface area contributed by atoms with Crippen molar-refractivity contribution in [3.05, 3.63) is 23.8 Å². The van der Waals surface area contributed by atoms with Gasteiger partial charge in [-0.1, -0.05) is 6.07 Å². The van der Waals surface area contributed by atoms with E-state index in [4.69, 9.17) is 4.74 Å². The van der Waals surface area contributed by atoms with Gasteiger partial charge in [0.15, 0.2) is 0 Å². The normalized spacial score (nSPS) is 16.0. The number of rotatable bonds is 5. The van der Waals surface area contributed by atoms with Gasteiger partial charge < -0.3 is 20.3 Å². The Bertz CT molecular complexity index is 438. The monoisotopic (exact) mass is 280 g/mol. The predicted molar refractivity (Wildman–Crippen MR) is 74.0 cm³/mol. The number of phenols is 2. The second kappa shape index (κ2) is 7.12. The lowest BCUT2D eigenvalue weighted by atomic mass is 10.1. The molecule has 1 aromatic rings. The molecule has 0 radical (unpaired) electrons. The summed E-state index contributed by atoms with van der Waals surface area (Å²) in [6.07, 6.45) is 0.820. The first kappa shape index (κ1) is 14.6. The number of nitrogens with one attached hydrogen (secondary N) is 1. The van der Waals surface area contributed by atoms with Crippen LogP contribution in [0.1, 0.15) is 16.8 Å². The molecule has 1 aliphatic heterocycles. The molecule has 1 saturated heterocycles. The number of carbonyl (C=O) groups is 1. The summed E-state index contributed by atoms with van der Waals surface area (Å²) in [4.78, 5) is 14.2. The molecule has 1 heterocycles. The minimum Gasteiger partial charge on any atom is -0.507 e. The number of ether oxygens (including phenoxy) is 1. The zero-order valence-electron chi connectivity index (χ0n) is 11.3. The van der Waals surface area contributed by atoms with Gasteiger partial charge in [0, 0.05) is 19.6 Å². The molecular weight excluding hydrogens is 260 g/mol. The van der Waals surface area contributed by atoms with Gasteiger partial charge in [0.2, 0.25) is 0 Å². The molecule has 0 saturated carbocycles. The minimum absolute atomic E-state index is 0.0705. The van der Waals surface area contributed by atoms with Crippen molar-refractivity contribution >= 4 is 5.91 Å². The van der Waals surface area contributed by atoms with Crippen LogP contribution in [0.4, 0.5) is 0 Å². The smallest absolute Gasteiger partial charge is 0.258 e. The molecule has 20 heavy (non-hydrogen) atoms. The van der Waals surface area contributed by atoms with Gasteiger partial charge in [-0.3, -0.25) is 9.69 Å². The maximum Gasteiger partial charge on any atom is 0.258 e. The number of hydrogen-bond acceptors (Lipinski definition) is 5. The third kappa shape index (κ3) is 3.85. The molecule has 1 fully saturated rings. The summed E-state index contributed by atoms with van der Waals surface area (Å²) in [5.41, 5.74) is -0.0705. The maximum atomic E-state index is 11.9. The van der Waals surface area contributed by atoms with E-state index in [2.05, 4.69) is 10.2 Å². The van der Waals surface area contributed by atoms with Crippen LogP contribution in [0.2, 0.25) is 0 Å². The van der Waals surface area contributed by atoms with Gasteiger partial charge in [0.1, 0.15) is 17.1 Å². The third-order valence-corrected chi connectivity index (χ3v) is 3.29. The molecule has 6 heteroatoms. The summed E-state index contributed by atoms with van der Waals surface area (Å²) >= 11 is 0. The Balaban J connectivity index is 1.75. The standard InChI is InChI=1S/C14H20N2O4/c17-11-3-1-4-12(18)13(11)14(19)15-5-2-6-16-7-9-20-10-8-16/h1,3-4,17-18H,2,5-10H2,(H,15,19). The van der Waals surface area contributed by atoms with Gasteiger partial charge in [-0.2, -0.15) is 0 Å². The van der Waals surface area contributed by atoms with Crippen molar-refractivity contribution in [1.29, 1.82) is 0 Å². The number of benzene rings is 1. The van der Waals surface area contributed by atoms with Crippen LogP contribution in [0.5, 0.6) is 11.5 Å². The molecule has 0 atom stereocenters. The molecular formula is C14H20N2O4. The molecule has 0 bridgehead atoms. The summed E-state index contributed by atoms with van der Waals surface area (Å²) < 4.78 is 5.26. The fourth-order valence-electron chi connectivity index (χ4n) is 2.18. The number of amides is 1. The molecule has 110 valence electrons. The van der Waals surface area contributed by atoms with Crippen molar-refractivity contribution in [2.45, 2.75) is 6.42 Å². The quantitative estimate of drug-likeness (QED) is 0.686. The van der Waals surface area contributed by atoms with E-state index in [9.17, 15) is 15.0 Å². The van der Waals surface area contributed by atoms with Crippen molar-refractivity contribution in [3.63, 3.8) is 0 Å². The number of hydrogen-bond donors (Lipinski definition) is 3. The lowest BCUT2D eigenvalue weighted by Crippen LogP contribution is -2.38. The summed E-state index contributed by atoms with van der Waals surface area (Å²) in [6, 6.07) is 4.24. The van der Waals surface area contributed by atoms with Crippen molar-refractivity contribution in [1.82, 2.24) is 10.2 Å². The van der Waals surface area contributed by atoms with E-state index in [1.54, 1.807) is 0 Å². The first-order valence-electron chi connectivity index (χ1n) is 6.77. The maximum absolute atomic E-state index is 11.9. The van der Waals surface area contributed by atoms with Crippen molar-refractivity contribution in [3.8, 4) is 11.5 Å². The van der Waals surface area contributed by atoms with E-state index in [1.165, 1.54) is 18.2 Å². The van der Waals surface area contributed by atoms with E-state index >= 15 is 0 Å². The molecule has 6 nitrogen and oxygen atoms in total. The largest absolute Gasteiger partial charge is 0.507 e. The lowest BCUT2D eigenvalue weighted by Gasteiger charge is -2.26. The van der Waals surface area contributed by atoms with Crippen LogP contribution in [0.3, 0.4) is 0 Å². The van der Waals surface area contributed by atoms with Gasteiger partial charge in [-0.25, -0.2) is 0 Å². The summed E-state index contributed by atoms with van der Waals surface area (Å²) in [6.45, 7) is 4.78. The molecule has 1 aliphatic rings. The van der Waals surface area contributed by atoms with Gasteiger partial charge in [-0.05, 0) is 25.1 Å². The van der Waals surface area contributed by atoms with Gasteiger partial charge in [0.05, 0.1) is 13.2 Å². The first-order chi connectivity index (χ1) is 9.68. The van der Waals surface area contributed by atoms with E-state index in [0.29, 0.717) is 6.54 Å². The SMILES string of the molecule is O=C(NCCCN1CCOCC1)c1c(O)cccc1O. The van der Waals surface area contributed by atoms with Crippen LogP contribution < -0.4 is 5.32 Å². The molecule has 2 rings (SSSR count). The highest BCUT2D eigenvalue weighted by atomic mass is 16.5. The topological polar surface area (TPSA) is 82.0 Å². The predicted octanol–water partition coefficient (Wildman–Crippen LogP) is 0.550. The van der Waals surface area contributed by atoms with Crippen molar-refractivity contribution in [2.24, 2.45) is 0 Å². The lowest BCUT2D eigenvalue weighted by molar-refractivity contribution is 0.0374. The zero-order chi connectivity index (χ0) is 14.4. The fourth-order valence-corrected chi connectivity index (χ4v) is 2.18. The highest BCUT2D eigenvalue weighted by molar-refractivity contribution is 5.99. The Hall–Kier alpha value is -1.79. The Labute approximate surface area is 118 Å². The summed E-state index contributed by atoms with van der Waals surface area (Å²) in [5.74, 6) is -0.881. The Morgan fingerprint density at radius 1 is 1.25 bits per heavy atom. The van der Waals surface area contributed by atoms with Gasteiger partial charge in [0.25, 0.3) is 5.91 Å². The van der Waals surface area contributed by atoms with Gasteiger partial charge >= 0.3 is 0 Å². The van der Waals surface area contributed by atoms with E-state index in [-0.39, 0.29) is 17.1 Å². The van der Waals surface area contributed by atoms with Crippen molar-refractivity contribution in [2.75, 3.05) is 39.4 Å². The third-order valence-electron chi connectivity index (χ3n) is 3.29. The highest BCUT2D eigenvalue weighted by Crippen LogP contribution is 2.25. The van der Waals surface area contributed by atoms with Crippen LogP contribution in [-0.4, -0.2) is 60.4 Å². The van der Waals surface area contributed by atoms with E-state index in [1.807, 2.05) is 0 Å². The zero-order valence-corrected chi connectivity index (χ0v) is 11.3. The molecule has 0 unspecified atom stereocenters. The summed E-state index contributed by atoms with van der Waals surface area (Å²) in [7, 11) is 0. The van der Waals surface area contributed by atoms with Crippen molar-refractivity contribution < 1.29 is 19.7 Å². The first-order valence-corrected chi connectivity index (χ1v) is 6.77. The molecule has 1 amide bonds.